The van der Waals surface area contributed by atoms with Gasteiger partial charge >= 0.3 is 5.97 Å². The van der Waals surface area contributed by atoms with Crippen LogP contribution in [0.25, 0.3) is 0 Å². The maximum atomic E-state index is 11.9. The quantitative estimate of drug-likeness (QED) is 0.363. The predicted octanol–water partition coefficient (Wildman–Crippen LogP) is -1.09. The first kappa shape index (κ1) is 18.6. The van der Waals surface area contributed by atoms with Crippen molar-refractivity contribution in [1.29, 1.82) is 0 Å². The summed E-state index contributed by atoms with van der Waals surface area (Å²) >= 11 is 0. The summed E-state index contributed by atoms with van der Waals surface area (Å²) in [5.41, 5.74) is 0.223. The summed E-state index contributed by atoms with van der Waals surface area (Å²) in [5, 5.41) is 18.7. The highest BCUT2D eigenvalue weighted by molar-refractivity contribution is 7.89. The fourth-order valence-corrected chi connectivity index (χ4v) is 2.00. The van der Waals surface area contributed by atoms with Gasteiger partial charge in [-0.05, 0) is 24.3 Å². The summed E-state index contributed by atoms with van der Waals surface area (Å²) in [7, 11) is -2.67. The summed E-state index contributed by atoms with van der Waals surface area (Å²) in [5.74, 6) is -1.40. The van der Waals surface area contributed by atoms with Crippen molar-refractivity contribution < 1.29 is 27.9 Å². The lowest BCUT2D eigenvalue weighted by molar-refractivity contribution is -0.135. The molecule has 0 fully saturated rings. The van der Waals surface area contributed by atoms with Crippen LogP contribution in [-0.4, -0.2) is 45.7 Å². The van der Waals surface area contributed by atoms with Gasteiger partial charge in [0.15, 0.2) is 0 Å². The van der Waals surface area contributed by atoms with E-state index in [1.807, 2.05) is 0 Å². The minimum atomic E-state index is -3.82. The zero-order valence-corrected chi connectivity index (χ0v) is 13.1. The normalized spacial score (nSPS) is 11.7. The van der Waals surface area contributed by atoms with E-state index in [1.54, 1.807) is 0 Å². The van der Waals surface area contributed by atoms with Gasteiger partial charge in [0.2, 0.25) is 10.0 Å². The molecule has 9 nitrogen and oxygen atoms in total. The average molecular weight is 343 g/mol. The van der Waals surface area contributed by atoms with Crippen LogP contribution in [-0.2, 0) is 24.3 Å². The molecule has 0 bridgehead atoms. The van der Waals surface area contributed by atoms with Crippen LogP contribution in [0.15, 0.2) is 40.9 Å². The molecule has 1 rings (SSSR count). The van der Waals surface area contributed by atoms with E-state index in [1.165, 1.54) is 24.3 Å². The Morgan fingerprint density at radius 3 is 2.39 bits per heavy atom. The Hall–Kier alpha value is -2.43. The number of nitrogens with two attached hydrogens (primary N) is 1. The van der Waals surface area contributed by atoms with Crippen LogP contribution in [0, 0.1) is 0 Å². The van der Waals surface area contributed by atoms with Crippen molar-refractivity contribution in [2.45, 2.75) is 4.90 Å². The number of benzene rings is 1. The fraction of sp³-hybridized carbons (Fsp3) is 0.231. The number of methoxy groups -OCH3 is 1. The number of ether oxygens (including phenoxy) is 1. The molecule has 0 saturated carbocycles. The second-order valence-corrected chi connectivity index (χ2v) is 5.82. The number of primary sulfonamides is 1. The number of esters is 1. The molecule has 1 aromatic rings. The van der Waals surface area contributed by atoms with E-state index in [0.29, 0.717) is 5.69 Å². The van der Waals surface area contributed by atoms with Crippen molar-refractivity contribution in [1.82, 2.24) is 5.32 Å². The third-order valence-corrected chi connectivity index (χ3v) is 3.50. The molecule has 0 heterocycles. The number of hydrogen-bond acceptors (Lipinski definition) is 7. The van der Waals surface area contributed by atoms with Crippen molar-refractivity contribution in [2.75, 3.05) is 25.6 Å². The summed E-state index contributed by atoms with van der Waals surface area (Å²) in [6, 6.07) is 5.26. The van der Waals surface area contributed by atoms with Crippen molar-refractivity contribution >= 4 is 27.6 Å². The Bertz CT molecular complexity index is 697. The van der Waals surface area contributed by atoms with Crippen molar-refractivity contribution in [3.8, 4) is 0 Å². The molecule has 0 saturated heterocycles. The Labute approximate surface area is 133 Å². The zero-order chi connectivity index (χ0) is 17.5. The topological polar surface area (TPSA) is 148 Å². The molecule has 0 atom stereocenters. The fourth-order valence-electron chi connectivity index (χ4n) is 1.48. The van der Waals surface area contributed by atoms with Gasteiger partial charge in [-0.15, -0.1) is 0 Å². The molecule has 0 aliphatic rings. The van der Waals surface area contributed by atoms with Crippen LogP contribution in [0.4, 0.5) is 5.69 Å². The van der Waals surface area contributed by atoms with Crippen LogP contribution in [0.2, 0.25) is 0 Å². The summed E-state index contributed by atoms with van der Waals surface area (Å²) in [6.07, 6.45) is 0.931. The monoisotopic (exact) mass is 343 g/mol. The number of hydrogen-bond donors (Lipinski definition) is 4. The van der Waals surface area contributed by atoms with E-state index < -0.39 is 21.9 Å². The van der Waals surface area contributed by atoms with Gasteiger partial charge in [-0.1, -0.05) is 0 Å². The van der Waals surface area contributed by atoms with Gasteiger partial charge in [-0.3, -0.25) is 4.79 Å². The number of carbonyl (C=O) groups excluding carboxylic acids is 2. The highest BCUT2D eigenvalue weighted by Crippen LogP contribution is 2.14. The smallest absolute Gasteiger partial charge is 0.332 e. The van der Waals surface area contributed by atoms with E-state index in [4.69, 9.17) is 10.2 Å². The van der Waals surface area contributed by atoms with Crippen LogP contribution in [0.3, 0.4) is 0 Å². The second-order valence-electron chi connectivity index (χ2n) is 4.26. The molecular weight excluding hydrogens is 326 g/mol. The summed E-state index contributed by atoms with van der Waals surface area (Å²) in [4.78, 5) is 23.1. The third kappa shape index (κ3) is 6.06. The summed E-state index contributed by atoms with van der Waals surface area (Å²) in [6.45, 7) is -0.260. The van der Waals surface area contributed by atoms with Crippen LogP contribution >= 0.6 is 0 Å². The standard InChI is InChI=1S/C13H17N3O6S/c1-22-12(18)8-11(13(19)15-6-7-17)16-9-2-4-10(5-3-9)23(14,20)21/h2-5,8,16-17H,6-7H2,1H3,(H,15,19)(H2,14,20,21)/b11-8+. The van der Waals surface area contributed by atoms with Gasteiger partial charge in [-0.2, -0.15) is 0 Å². The highest BCUT2D eigenvalue weighted by Gasteiger charge is 2.13. The van der Waals surface area contributed by atoms with E-state index >= 15 is 0 Å². The van der Waals surface area contributed by atoms with Crippen LogP contribution < -0.4 is 15.8 Å². The molecule has 0 aliphatic carbocycles. The van der Waals surface area contributed by atoms with Gasteiger partial charge < -0.3 is 20.5 Å². The van der Waals surface area contributed by atoms with E-state index in [2.05, 4.69) is 15.4 Å². The Kier molecular flexibility index (Phi) is 6.69. The maximum Gasteiger partial charge on any atom is 0.332 e. The van der Waals surface area contributed by atoms with Crippen molar-refractivity contribution in [2.24, 2.45) is 5.14 Å². The Balaban J connectivity index is 2.99. The van der Waals surface area contributed by atoms with Crippen molar-refractivity contribution in [3.63, 3.8) is 0 Å². The minimum absolute atomic E-state index is 0.00335. The van der Waals surface area contributed by atoms with Gasteiger partial charge in [0.05, 0.1) is 24.7 Å². The number of amides is 1. The number of carbonyl (C=O) groups is 2. The Morgan fingerprint density at radius 2 is 1.91 bits per heavy atom. The minimum Gasteiger partial charge on any atom is -0.466 e. The first-order valence-electron chi connectivity index (χ1n) is 6.36. The van der Waals surface area contributed by atoms with E-state index in [9.17, 15) is 18.0 Å². The lowest BCUT2D eigenvalue weighted by atomic mass is 10.3. The number of sulfonamides is 1. The molecule has 0 unspecified atom stereocenters. The molecular formula is C13H17N3O6S. The zero-order valence-electron chi connectivity index (χ0n) is 12.3. The van der Waals surface area contributed by atoms with Gasteiger partial charge in [0.25, 0.3) is 5.91 Å². The number of anilines is 1. The molecule has 0 aromatic heterocycles. The molecule has 0 spiro atoms. The molecule has 10 heteroatoms. The molecule has 0 aliphatic heterocycles. The lowest BCUT2D eigenvalue weighted by Gasteiger charge is -2.11. The van der Waals surface area contributed by atoms with E-state index in [0.717, 1.165) is 13.2 Å². The Morgan fingerprint density at radius 1 is 1.30 bits per heavy atom. The van der Waals surface area contributed by atoms with E-state index in [-0.39, 0.29) is 23.7 Å². The molecule has 23 heavy (non-hydrogen) atoms. The average Bonchev–Trinajstić information content (AvgIpc) is 2.51. The predicted molar refractivity (Wildman–Crippen MR) is 81.6 cm³/mol. The SMILES string of the molecule is COC(=O)/C=C(/Nc1ccc(S(N)(=O)=O)cc1)C(=O)NCCO. The lowest BCUT2D eigenvalue weighted by Crippen LogP contribution is -2.31. The molecule has 0 radical (unpaired) electrons. The number of nitrogens with one attached hydrogen (secondary N) is 2. The van der Waals surface area contributed by atoms with Crippen molar-refractivity contribution in [3.05, 3.63) is 36.0 Å². The van der Waals surface area contributed by atoms with Gasteiger partial charge in [0.1, 0.15) is 5.70 Å². The molecule has 1 aromatic carbocycles. The molecule has 126 valence electrons. The first-order chi connectivity index (χ1) is 10.8. The number of aliphatic hydroxyl groups is 1. The number of rotatable bonds is 7. The van der Waals surface area contributed by atoms with Crippen LogP contribution in [0.5, 0.6) is 0 Å². The third-order valence-electron chi connectivity index (χ3n) is 2.57. The molecule has 5 N–H and O–H groups in total. The first-order valence-corrected chi connectivity index (χ1v) is 7.91. The van der Waals surface area contributed by atoms with Gasteiger partial charge in [0, 0.05) is 12.2 Å². The highest BCUT2D eigenvalue weighted by atomic mass is 32.2. The largest absolute Gasteiger partial charge is 0.466 e. The van der Waals surface area contributed by atoms with Crippen LogP contribution in [0.1, 0.15) is 0 Å². The second kappa shape index (κ2) is 8.27. The maximum absolute atomic E-state index is 11.9. The van der Waals surface area contributed by atoms with Gasteiger partial charge in [-0.25, -0.2) is 18.4 Å². The summed E-state index contributed by atoms with van der Waals surface area (Å²) < 4.78 is 26.8. The number of aliphatic hydroxyl groups excluding tert-OH is 1. The molecule has 1 amide bonds.